The van der Waals surface area contributed by atoms with Crippen LogP contribution in [0.4, 0.5) is 0 Å². The Morgan fingerprint density at radius 1 is 1.09 bits per heavy atom. The molecule has 1 saturated heterocycles. The van der Waals surface area contributed by atoms with Crippen molar-refractivity contribution in [3.63, 3.8) is 0 Å². The highest BCUT2D eigenvalue weighted by molar-refractivity contribution is 5.78. The van der Waals surface area contributed by atoms with Gasteiger partial charge in [0, 0.05) is 48.7 Å². The van der Waals surface area contributed by atoms with Gasteiger partial charge < -0.3 is 14.2 Å². The third-order valence-electron chi connectivity index (χ3n) is 6.79. The van der Waals surface area contributed by atoms with Crippen molar-refractivity contribution < 1.29 is 9.53 Å². The van der Waals surface area contributed by atoms with E-state index in [4.69, 9.17) is 4.74 Å². The van der Waals surface area contributed by atoms with Crippen LogP contribution in [0, 0.1) is 5.92 Å². The monoisotopic (exact) mass is 429 g/mol. The van der Waals surface area contributed by atoms with Crippen LogP contribution in [-0.4, -0.2) is 40.6 Å². The maximum atomic E-state index is 13.1. The van der Waals surface area contributed by atoms with E-state index in [2.05, 4.69) is 11.1 Å². The Labute approximate surface area is 187 Å². The van der Waals surface area contributed by atoms with Crippen molar-refractivity contribution in [3.05, 3.63) is 94.2 Å². The van der Waals surface area contributed by atoms with Gasteiger partial charge in [0.2, 0.25) is 5.91 Å². The summed E-state index contributed by atoms with van der Waals surface area (Å²) in [5, 5.41) is 0. The molecule has 3 atom stereocenters. The molecule has 2 aromatic heterocycles. The second-order valence-corrected chi connectivity index (χ2v) is 8.77. The van der Waals surface area contributed by atoms with E-state index >= 15 is 0 Å². The average molecular weight is 430 g/mol. The van der Waals surface area contributed by atoms with Gasteiger partial charge >= 0.3 is 0 Å². The average Bonchev–Trinajstić information content (AvgIpc) is 2.82. The molecule has 0 spiro atoms. The van der Waals surface area contributed by atoms with Gasteiger partial charge in [-0.1, -0.05) is 24.3 Å². The first-order valence-electron chi connectivity index (χ1n) is 11.1. The number of fused-ring (bicyclic) bond motifs is 4. The van der Waals surface area contributed by atoms with Gasteiger partial charge in [0.15, 0.2) is 0 Å². The van der Waals surface area contributed by atoms with Gasteiger partial charge in [0.05, 0.1) is 13.5 Å². The van der Waals surface area contributed by atoms with Crippen LogP contribution in [0.15, 0.2) is 71.7 Å². The van der Waals surface area contributed by atoms with Gasteiger partial charge in [-0.3, -0.25) is 14.6 Å². The molecule has 0 aliphatic carbocycles. The highest BCUT2D eigenvalue weighted by Gasteiger charge is 2.41. The Balaban J connectivity index is 1.45. The molecule has 0 N–H and O–H groups in total. The van der Waals surface area contributed by atoms with E-state index in [1.807, 2.05) is 58.0 Å². The number of carbonyl (C=O) groups is 1. The number of pyridine rings is 2. The van der Waals surface area contributed by atoms with E-state index < -0.39 is 0 Å². The predicted octanol–water partition coefficient (Wildman–Crippen LogP) is 3.22. The molecule has 2 bridgehead atoms. The van der Waals surface area contributed by atoms with E-state index in [0.29, 0.717) is 19.5 Å². The maximum absolute atomic E-state index is 13.1. The number of likely N-dealkylation sites (tertiary alicyclic amines) is 1. The summed E-state index contributed by atoms with van der Waals surface area (Å²) in [5.74, 6) is 1.31. The molecule has 1 amide bonds. The first-order chi connectivity index (χ1) is 15.6. The molecule has 1 fully saturated rings. The molecule has 32 heavy (non-hydrogen) atoms. The summed E-state index contributed by atoms with van der Waals surface area (Å²) < 4.78 is 7.38. The number of methoxy groups -OCH3 is 1. The van der Waals surface area contributed by atoms with E-state index in [-0.39, 0.29) is 29.3 Å². The summed E-state index contributed by atoms with van der Waals surface area (Å²) in [6.07, 6.45) is 3.75. The molecule has 2 aliphatic heterocycles. The standard InChI is InChI=1S/C26H27N3O3/c1-32-22-8-4-6-18(12-22)13-24-20-14-19(23-9-5-10-25(30)29(23)24)16-28(17-20)26(31)15-21-7-2-3-11-27-21/h2-12,19-20,24H,13-17H2,1H3/t19-,20+,24+/m1/s1. The first kappa shape index (κ1) is 20.5. The van der Waals surface area contributed by atoms with Crippen molar-refractivity contribution in [2.45, 2.75) is 31.2 Å². The molecule has 164 valence electrons. The summed E-state index contributed by atoms with van der Waals surface area (Å²) in [4.78, 5) is 32.3. The summed E-state index contributed by atoms with van der Waals surface area (Å²) >= 11 is 0. The van der Waals surface area contributed by atoms with Crippen LogP contribution in [0.25, 0.3) is 0 Å². The third kappa shape index (κ3) is 3.93. The highest BCUT2D eigenvalue weighted by atomic mass is 16.5. The summed E-state index contributed by atoms with van der Waals surface area (Å²) in [5.41, 5.74) is 3.00. The smallest absolute Gasteiger partial charge is 0.251 e. The molecule has 0 unspecified atom stereocenters. The van der Waals surface area contributed by atoms with Crippen LogP contribution < -0.4 is 10.3 Å². The van der Waals surface area contributed by atoms with Crippen molar-refractivity contribution in [1.29, 1.82) is 0 Å². The Kier molecular flexibility index (Phi) is 5.52. The van der Waals surface area contributed by atoms with Gasteiger partial charge in [-0.2, -0.15) is 0 Å². The number of hydrogen-bond donors (Lipinski definition) is 0. The molecule has 0 radical (unpaired) electrons. The number of aromatic nitrogens is 2. The van der Waals surface area contributed by atoms with E-state index in [1.54, 1.807) is 19.4 Å². The fourth-order valence-corrected chi connectivity index (χ4v) is 5.32. The summed E-state index contributed by atoms with van der Waals surface area (Å²) in [6.45, 7) is 1.31. The van der Waals surface area contributed by atoms with Gasteiger partial charge in [-0.25, -0.2) is 0 Å². The van der Waals surface area contributed by atoms with E-state index in [1.165, 1.54) is 0 Å². The lowest BCUT2D eigenvalue weighted by molar-refractivity contribution is -0.133. The van der Waals surface area contributed by atoms with Gasteiger partial charge in [0.25, 0.3) is 5.56 Å². The number of nitrogens with zero attached hydrogens (tertiary/aromatic N) is 3. The molecule has 6 nitrogen and oxygen atoms in total. The van der Waals surface area contributed by atoms with Crippen molar-refractivity contribution in [3.8, 4) is 5.75 Å². The molecule has 1 aromatic carbocycles. The molecule has 3 aromatic rings. The van der Waals surface area contributed by atoms with Crippen molar-refractivity contribution >= 4 is 5.91 Å². The lowest BCUT2D eigenvalue weighted by Gasteiger charge is -2.47. The van der Waals surface area contributed by atoms with E-state index in [0.717, 1.165) is 35.5 Å². The lowest BCUT2D eigenvalue weighted by Crippen LogP contribution is -2.51. The maximum Gasteiger partial charge on any atom is 0.251 e. The Bertz CT molecular complexity index is 1170. The van der Waals surface area contributed by atoms with Crippen LogP contribution in [0.2, 0.25) is 0 Å². The SMILES string of the molecule is COc1cccc(C[C@H]2[C@H]3C[C@H](CN(C(=O)Cc4ccccn4)C3)c3cccc(=O)n32)c1. The fourth-order valence-electron chi connectivity index (χ4n) is 5.32. The number of benzene rings is 1. The zero-order valence-electron chi connectivity index (χ0n) is 18.2. The molecule has 4 heterocycles. The quantitative estimate of drug-likeness (QED) is 0.625. The van der Waals surface area contributed by atoms with Crippen molar-refractivity contribution in [1.82, 2.24) is 14.5 Å². The third-order valence-corrected chi connectivity index (χ3v) is 6.79. The fraction of sp³-hybridized carbons (Fsp3) is 0.346. The number of piperidine rings is 1. The zero-order valence-corrected chi connectivity index (χ0v) is 18.2. The second kappa shape index (κ2) is 8.61. The van der Waals surface area contributed by atoms with Gasteiger partial charge in [-0.15, -0.1) is 0 Å². The van der Waals surface area contributed by atoms with Crippen molar-refractivity contribution in [2.24, 2.45) is 5.92 Å². The largest absolute Gasteiger partial charge is 0.497 e. The first-order valence-corrected chi connectivity index (χ1v) is 11.1. The normalized spacial score (nSPS) is 21.7. The van der Waals surface area contributed by atoms with Crippen LogP contribution >= 0.6 is 0 Å². The van der Waals surface area contributed by atoms with Crippen LogP contribution in [0.3, 0.4) is 0 Å². The molecule has 0 saturated carbocycles. The number of ether oxygens (including phenoxy) is 1. The number of amides is 1. The Morgan fingerprint density at radius 3 is 2.78 bits per heavy atom. The topological polar surface area (TPSA) is 64.4 Å². The predicted molar refractivity (Wildman–Crippen MR) is 122 cm³/mol. The van der Waals surface area contributed by atoms with E-state index in [9.17, 15) is 9.59 Å². The van der Waals surface area contributed by atoms with Gasteiger partial charge in [0.1, 0.15) is 5.75 Å². The van der Waals surface area contributed by atoms with Gasteiger partial charge in [-0.05, 0) is 54.7 Å². The minimum atomic E-state index is 0.00695. The summed E-state index contributed by atoms with van der Waals surface area (Å²) in [6, 6.07) is 19.2. The number of hydrogen-bond acceptors (Lipinski definition) is 4. The number of rotatable bonds is 5. The highest BCUT2D eigenvalue weighted by Crippen LogP contribution is 2.42. The van der Waals surface area contributed by atoms with Crippen LogP contribution in [-0.2, 0) is 17.6 Å². The lowest BCUT2D eigenvalue weighted by atomic mass is 9.76. The molecule has 6 heteroatoms. The molecule has 2 aliphatic rings. The zero-order chi connectivity index (χ0) is 22.1. The van der Waals surface area contributed by atoms with Crippen LogP contribution in [0.1, 0.15) is 35.3 Å². The molecular weight excluding hydrogens is 402 g/mol. The summed E-state index contributed by atoms with van der Waals surface area (Å²) in [7, 11) is 1.66. The minimum Gasteiger partial charge on any atom is -0.497 e. The second-order valence-electron chi connectivity index (χ2n) is 8.77. The van der Waals surface area contributed by atoms with Crippen LogP contribution in [0.5, 0.6) is 5.75 Å². The Hall–Kier alpha value is -3.41. The Morgan fingerprint density at radius 2 is 1.97 bits per heavy atom. The minimum absolute atomic E-state index is 0.00695. The number of carbonyl (C=O) groups excluding carboxylic acids is 1. The molecular formula is C26H27N3O3. The van der Waals surface area contributed by atoms with Crippen molar-refractivity contribution in [2.75, 3.05) is 20.2 Å². The molecule has 5 rings (SSSR count).